The van der Waals surface area contributed by atoms with Gasteiger partial charge in [-0.1, -0.05) is 0 Å². The SMILES string of the molecule is F.Nc1nc2ncc(CNc3ccc(C(=O)NC(CCC(=O)O)C(=O)O)cc3)nc2c(=O)[nH]1. The maximum Gasteiger partial charge on any atom is 0.326 e. The molecule has 0 aliphatic carbocycles. The highest BCUT2D eigenvalue weighted by molar-refractivity contribution is 5.96. The van der Waals surface area contributed by atoms with E-state index in [9.17, 15) is 19.2 Å². The molecule has 2 heterocycles. The van der Waals surface area contributed by atoms with E-state index >= 15 is 0 Å². The van der Waals surface area contributed by atoms with Gasteiger partial charge in [0.15, 0.2) is 11.2 Å². The molecule has 0 saturated heterocycles. The highest BCUT2D eigenvalue weighted by Gasteiger charge is 2.21. The van der Waals surface area contributed by atoms with Crippen molar-refractivity contribution in [2.24, 2.45) is 0 Å². The molecule has 1 amide bonds. The number of nitrogens with one attached hydrogen (secondary N) is 3. The largest absolute Gasteiger partial charge is 0.481 e. The number of halogens is 1. The van der Waals surface area contributed by atoms with Gasteiger partial charge in [-0.2, -0.15) is 4.98 Å². The second kappa shape index (κ2) is 10.6. The fourth-order valence-corrected chi connectivity index (χ4v) is 2.75. The number of carbonyl (C=O) groups is 3. The Morgan fingerprint density at radius 3 is 2.45 bits per heavy atom. The molecule has 0 aliphatic rings. The Hall–Kier alpha value is -4.62. The number of carboxylic acids is 2. The minimum absolute atomic E-state index is 0. The number of nitrogens with two attached hydrogens (primary N) is 1. The lowest BCUT2D eigenvalue weighted by molar-refractivity contribution is -0.140. The Balaban J connectivity index is 0.00000385. The number of benzene rings is 1. The zero-order valence-electron chi connectivity index (χ0n) is 16.9. The van der Waals surface area contributed by atoms with E-state index in [1.54, 1.807) is 12.1 Å². The van der Waals surface area contributed by atoms with E-state index in [1.807, 2.05) is 0 Å². The molecule has 3 rings (SSSR count). The maximum absolute atomic E-state index is 12.3. The summed E-state index contributed by atoms with van der Waals surface area (Å²) in [6, 6.07) is 4.86. The van der Waals surface area contributed by atoms with Gasteiger partial charge in [-0.3, -0.25) is 24.1 Å². The number of H-pyrrole nitrogens is 1. The first-order chi connectivity index (χ1) is 15.2. The highest BCUT2D eigenvalue weighted by Crippen LogP contribution is 2.12. The maximum atomic E-state index is 12.3. The van der Waals surface area contributed by atoms with Crippen molar-refractivity contribution in [3.63, 3.8) is 0 Å². The predicted octanol–water partition coefficient (Wildman–Crippen LogP) is 0.108. The lowest BCUT2D eigenvalue weighted by Gasteiger charge is -2.14. The van der Waals surface area contributed by atoms with Gasteiger partial charge >= 0.3 is 11.9 Å². The number of amides is 1. The number of aromatic amines is 1. The summed E-state index contributed by atoms with van der Waals surface area (Å²) in [5, 5.41) is 23.2. The summed E-state index contributed by atoms with van der Waals surface area (Å²) in [6.07, 6.45) is 0.840. The number of carboxylic acid groups (broad SMARTS) is 2. The van der Waals surface area contributed by atoms with E-state index in [4.69, 9.17) is 15.9 Å². The van der Waals surface area contributed by atoms with Crippen LogP contribution in [0.15, 0.2) is 35.3 Å². The van der Waals surface area contributed by atoms with Crippen molar-refractivity contribution in [2.75, 3.05) is 11.1 Å². The molecule has 2 aromatic heterocycles. The molecule has 1 aromatic carbocycles. The number of hydrogen-bond donors (Lipinski definition) is 6. The van der Waals surface area contributed by atoms with Crippen LogP contribution in [-0.4, -0.2) is 54.0 Å². The number of hydrogen-bond acceptors (Lipinski definition) is 9. The Kier molecular flexibility index (Phi) is 7.92. The summed E-state index contributed by atoms with van der Waals surface area (Å²) in [4.78, 5) is 60.6. The topological polar surface area (TPSA) is 213 Å². The summed E-state index contributed by atoms with van der Waals surface area (Å²) in [6.45, 7) is 0.231. The molecular formula is C19H20FN7O6. The van der Waals surface area contributed by atoms with Crippen LogP contribution in [0.5, 0.6) is 0 Å². The second-order valence-electron chi connectivity index (χ2n) is 6.71. The molecule has 1 atom stereocenters. The van der Waals surface area contributed by atoms with Crippen LogP contribution < -0.4 is 21.9 Å². The van der Waals surface area contributed by atoms with Crippen LogP contribution >= 0.6 is 0 Å². The molecule has 0 saturated carbocycles. The number of carbonyl (C=O) groups excluding carboxylic acids is 1. The number of aromatic nitrogens is 4. The summed E-state index contributed by atoms with van der Waals surface area (Å²) in [7, 11) is 0. The first-order valence-electron chi connectivity index (χ1n) is 9.33. The van der Waals surface area contributed by atoms with E-state index in [2.05, 4.69) is 30.6 Å². The predicted molar refractivity (Wildman–Crippen MR) is 114 cm³/mol. The van der Waals surface area contributed by atoms with Crippen molar-refractivity contribution < 1.29 is 29.3 Å². The molecule has 174 valence electrons. The summed E-state index contributed by atoms with van der Waals surface area (Å²) in [5.41, 5.74) is 6.47. The first-order valence-corrected chi connectivity index (χ1v) is 9.33. The van der Waals surface area contributed by atoms with Crippen molar-refractivity contribution in [3.8, 4) is 0 Å². The Morgan fingerprint density at radius 1 is 1.12 bits per heavy atom. The zero-order valence-corrected chi connectivity index (χ0v) is 16.9. The van der Waals surface area contributed by atoms with Crippen LogP contribution in [0.1, 0.15) is 28.9 Å². The number of anilines is 2. The Morgan fingerprint density at radius 2 is 1.82 bits per heavy atom. The van der Waals surface area contributed by atoms with Crippen molar-refractivity contribution >= 4 is 40.6 Å². The number of aliphatic carboxylic acids is 2. The minimum Gasteiger partial charge on any atom is -0.481 e. The van der Waals surface area contributed by atoms with Crippen molar-refractivity contribution in [2.45, 2.75) is 25.4 Å². The van der Waals surface area contributed by atoms with Crippen LogP contribution in [0, 0.1) is 0 Å². The molecule has 0 bridgehead atoms. The molecule has 0 aliphatic heterocycles. The van der Waals surface area contributed by atoms with Gasteiger partial charge in [0.2, 0.25) is 5.95 Å². The fraction of sp³-hybridized carbons (Fsp3) is 0.211. The van der Waals surface area contributed by atoms with E-state index < -0.39 is 29.4 Å². The number of fused-ring (bicyclic) bond motifs is 1. The third kappa shape index (κ3) is 6.43. The molecule has 33 heavy (non-hydrogen) atoms. The second-order valence-corrected chi connectivity index (χ2v) is 6.71. The lowest BCUT2D eigenvalue weighted by atomic mass is 10.1. The van der Waals surface area contributed by atoms with Gasteiger partial charge in [-0.25, -0.2) is 14.8 Å². The van der Waals surface area contributed by atoms with Gasteiger partial charge in [0.1, 0.15) is 6.04 Å². The van der Waals surface area contributed by atoms with Crippen LogP contribution in [0.3, 0.4) is 0 Å². The van der Waals surface area contributed by atoms with E-state index in [0.29, 0.717) is 11.4 Å². The summed E-state index contributed by atoms with van der Waals surface area (Å²) in [5.74, 6) is -3.16. The third-order valence-electron chi connectivity index (χ3n) is 4.36. The molecule has 0 fully saturated rings. The van der Waals surface area contributed by atoms with Gasteiger partial charge in [0.05, 0.1) is 18.4 Å². The Labute approximate surface area is 184 Å². The average Bonchev–Trinajstić information content (AvgIpc) is 2.75. The van der Waals surface area contributed by atoms with E-state index in [0.717, 1.165) is 0 Å². The smallest absolute Gasteiger partial charge is 0.326 e. The van der Waals surface area contributed by atoms with E-state index in [1.165, 1.54) is 18.3 Å². The number of nitrogen functional groups attached to an aromatic ring is 1. The molecule has 0 radical (unpaired) electrons. The van der Waals surface area contributed by atoms with Crippen molar-refractivity contribution in [3.05, 3.63) is 52.1 Å². The Bertz CT molecular complexity index is 1230. The van der Waals surface area contributed by atoms with Crippen molar-refractivity contribution in [1.82, 2.24) is 25.3 Å². The first kappa shape index (κ1) is 24.6. The molecular weight excluding hydrogens is 441 g/mol. The van der Waals surface area contributed by atoms with Gasteiger partial charge in [0.25, 0.3) is 11.5 Å². The van der Waals surface area contributed by atoms with Gasteiger partial charge in [-0.05, 0) is 30.7 Å². The van der Waals surface area contributed by atoms with Gasteiger partial charge in [0, 0.05) is 17.7 Å². The quantitative estimate of drug-likeness (QED) is 0.251. The third-order valence-corrected chi connectivity index (χ3v) is 4.36. The summed E-state index contributed by atoms with van der Waals surface area (Å²) < 4.78 is 0. The lowest BCUT2D eigenvalue weighted by Crippen LogP contribution is -2.41. The van der Waals surface area contributed by atoms with Gasteiger partial charge in [-0.15, -0.1) is 0 Å². The summed E-state index contributed by atoms with van der Waals surface area (Å²) >= 11 is 0. The molecule has 7 N–H and O–H groups in total. The molecule has 14 heteroatoms. The highest BCUT2D eigenvalue weighted by atomic mass is 19.0. The molecule has 13 nitrogen and oxygen atoms in total. The van der Waals surface area contributed by atoms with Crippen LogP contribution in [-0.2, 0) is 16.1 Å². The fourth-order valence-electron chi connectivity index (χ4n) is 2.75. The monoisotopic (exact) mass is 461 g/mol. The standard InChI is InChI=1S/C19H19N7O6.FH/c20-19-25-15-14(17(30)26-19)23-11(8-22-15)7-21-10-3-1-9(2-4-10)16(29)24-12(18(31)32)5-6-13(27)28;/h1-4,8,12,21H,5-7H2,(H,24,29)(H,27,28)(H,31,32)(H3,20,22,25,26,30);1H. The van der Waals surface area contributed by atoms with Crippen LogP contribution in [0.4, 0.5) is 16.3 Å². The number of nitrogens with zero attached hydrogens (tertiary/aromatic N) is 3. The molecule has 3 aromatic rings. The van der Waals surface area contributed by atoms with Crippen molar-refractivity contribution in [1.29, 1.82) is 0 Å². The van der Waals surface area contributed by atoms with Gasteiger partial charge < -0.3 is 26.6 Å². The van der Waals surface area contributed by atoms with Crippen LogP contribution in [0.25, 0.3) is 11.2 Å². The van der Waals surface area contributed by atoms with Crippen LogP contribution in [0.2, 0.25) is 0 Å². The normalized spacial score (nSPS) is 11.3. The molecule has 1 unspecified atom stereocenters. The number of rotatable bonds is 9. The van der Waals surface area contributed by atoms with E-state index in [-0.39, 0.29) is 46.8 Å². The average molecular weight is 461 g/mol. The minimum atomic E-state index is -1.31. The molecule has 0 spiro atoms. The zero-order chi connectivity index (χ0) is 23.3.